The van der Waals surface area contributed by atoms with Gasteiger partial charge in [0.05, 0.1) is 18.0 Å². The topological polar surface area (TPSA) is 67.7 Å². The monoisotopic (exact) mass is 406 g/mol. The highest BCUT2D eigenvalue weighted by molar-refractivity contribution is 7.15. The van der Waals surface area contributed by atoms with Gasteiger partial charge in [0.15, 0.2) is 4.96 Å². The first kappa shape index (κ1) is 19.0. The molecule has 0 unspecified atom stereocenters. The van der Waals surface area contributed by atoms with Crippen molar-refractivity contribution in [1.29, 1.82) is 0 Å². The van der Waals surface area contributed by atoms with Crippen LogP contribution in [-0.4, -0.2) is 22.0 Å². The van der Waals surface area contributed by atoms with E-state index in [0.29, 0.717) is 18.0 Å². The quantitative estimate of drug-likeness (QED) is 0.376. The summed E-state index contributed by atoms with van der Waals surface area (Å²) in [5.74, 6) is 0.800. The number of thiazole rings is 1. The van der Waals surface area contributed by atoms with Gasteiger partial charge in [0.1, 0.15) is 5.75 Å². The van der Waals surface area contributed by atoms with Crippen LogP contribution in [0.5, 0.6) is 5.75 Å². The van der Waals surface area contributed by atoms with Crippen molar-refractivity contribution >= 4 is 33.7 Å². The Morgan fingerprint density at radius 1 is 1.14 bits per heavy atom. The van der Waals surface area contributed by atoms with Crippen molar-refractivity contribution in [3.05, 3.63) is 66.3 Å². The lowest BCUT2D eigenvalue weighted by Crippen LogP contribution is -2.19. The molecule has 0 bridgehead atoms. The van der Waals surface area contributed by atoms with Gasteiger partial charge in [-0.1, -0.05) is 31.5 Å². The second kappa shape index (κ2) is 8.79. The molecule has 0 aliphatic carbocycles. The smallest absolute Gasteiger partial charge is 0.323 e. The van der Waals surface area contributed by atoms with Gasteiger partial charge in [0, 0.05) is 29.0 Å². The third kappa shape index (κ3) is 4.57. The molecule has 2 aromatic carbocycles. The summed E-state index contributed by atoms with van der Waals surface area (Å²) < 4.78 is 7.62. The molecular formula is C22H22N4O2S. The highest BCUT2D eigenvalue weighted by atomic mass is 32.1. The van der Waals surface area contributed by atoms with E-state index in [4.69, 9.17) is 4.74 Å². The molecule has 0 aliphatic heterocycles. The van der Waals surface area contributed by atoms with Crippen molar-refractivity contribution in [1.82, 2.24) is 9.38 Å². The molecule has 2 aromatic heterocycles. The Labute approximate surface area is 173 Å². The number of hydrogen-bond acceptors (Lipinski definition) is 4. The number of amides is 2. The van der Waals surface area contributed by atoms with E-state index >= 15 is 0 Å². The van der Waals surface area contributed by atoms with Crippen LogP contribution in [0.15, 0.2) is 66.3 Å². The lowest BCUT2D eigenvalue weighted by molar-refractivity contribution is 0.262. The van der Waals surface area contributed by atoms with Gasteiger partial charge in [0.25, 0.3) is 0 Å². The van der Waals surface area contributed by atoms with Crippen molar-refractivity contribution in [2.45, 2.75) is 19.8 Å². The molecule has 0 aliphatic rings. The van der Waals surface area contributed by atoms with Gasteiger partial charge in [-0.2, -0.15) is 0 Å². The second-order valence-corrected chi connectivity index (χ2v) is 7.44. The van der Waals surface area contributed by atoms with Crippen LogP contribution >= 0.6 is 11.3 Å². The predicted molar refractivity (Wildman–Crippen MR) is 118 cm³/mol. The summed E-state index contributed by atoms with van der Waals surface area (Å²) in [5.41, 5.74) is 3.10. The summed E-state index contributed by atoms with van der Waals surface area (Å²) in [6.07, 6.45) is 6.05. The lowest BCUT2D eigenvalue weighted by atomic mass is 10.1. The van der Waals surface area contributed by atoms with Crippen molar-refractivity contribution in [3.63, 3.8) is 0 Å². The molecule has 4 rings (SSSR count). The van der Waals surface area contributed by atoms with Gasteiger partial charge in [-0.05, 0) is 36.8 Å². The molecule has 0 fully saturated rings. The standard InChI is InChI=1S/C22H22N4O2S/c1-2-3-13-28-17-10-8-16(9-11-17)23-21(27)24-19-7-5-4-6-18(19)20-15-26-12-14-29-22(26)25-20/h4-12,14-15H,2-3,13H2,1H3,(H2,23,24,27). The molecular weight excluding hydrogens is 384 g/mol. The average molecular weight is 407 g/mol. The molecule has 0 radical (unpaired) electrons. The molecule has 4 aromatic rings. The van der Waals surface area contributed by atoms with E-state index in [2.05, 4.69) is 22.5 Å². The first-order valence-electron chi connectivity index (χ1n) is 9.55. The third-order valence-electron chi connectivity index (χ3n) is 4.42. The maximum Gasteiger partial charge on any atom is 0.323 e. The summed E-state index contributed by atoms with van der Waals surface area (Å²) in [5, 5.41) is 7.77. The number of carbonyl (C=O) groups excluding carboxylic acids is 1. The molecule has 0 saturated heterocycles. The van der Waals surface area contributed by atoms with E-state index < -0.39 is 0 Å². The number of imidazole rings is 1. The van der Waals surface area contributed by atoms with Gasteiger partial charge in [-0.25, -0.2) is 9.78 Å². The number of nitrogens with one attached hydrogen (secondary N) is 2. The maximum atomic E-state index is 12.5. The number of carbonyl (C=O) groups is 1. The number of anilines is 2. The van der Waals surface area contributed by atoms with Gasteiger partial charge < -0.3 is 15.4 Å². The van der Waals surface area contributed by atoms with Crippen LogP contribution in [0.2, 0.25) is 0 Å². The zero-order valence-corrected chi connectivity index (χ0v) is 16.9. The molecule has 148 valence electrons. The maximum absolute atomic E-state index is 12.5. The molecule has 29 heavy (non-hydrogen) atoms. The molecule has 2 heterocycles. The second-order valence-electron chi connectivity index (χ2n) is 6.57. The molecule has 0 spiro atoms. The Balaban J connectivity index is 1.43. The normalized spacial score (nSPS) is 10.8. The molecule has 0 saturated carbocycles. The van der Waals surface area contributed by atoms with E-state index in [1.807, 2.05) is 70.7 Å². The fourth-order valence-electron chi connectivity index (χ4n) is 2.93. The Bertz CT molecular complexity index is 1070. The molecule has 2 N–H and O–H groups in total. The van der Waals surface area contributed by atoms with Crippen LogP contribution in [0.4, 0.5) is 16.2 Å². The zero-order valence-electron chi connectivity index (χ0n) is 16.1. The third-order valence-corrected chi connectivity index (χ3v) is 5.19. The van der Waals surface area contributed by atoms with E-state index in [0.717, 1.165) is 34.8 Å². The summed E-state index contributed by atoms with van der Waals surface area (Å²) in [6.45, 7) is 2.83. The van der Waals surface area contributed by atoms with Crippen molar-refractivity contribution in [2.75, 3.05) is 17.2 Å². The zero-order chi connectivity index (χ0) is 20.1. The SMILES string of the molecule is CCCCOc1ccc(NC(=O)Nc2ccccc2-c2cn3ccsc3n2)cc1. The highest BCUT2D eigenvalue weighted by Crippen LogP contribution is 2.28. The van der Waals surface area contributed by atoms with Gasteiger partial charge in [-0.3, -0.25) is 4.40 Å². The molecule has 6 nitrogen and oxygen atoms in total. The van der Waals surface area contributed by atoms with E-state index in [1.165, 1.54) is 0 Å². The van der Waals surface area contributed by atoms with Gasteiger partial charge >= 0.3 is 6.03 Å². The van der Waals surface area contributed by atoms with Crippen molar-refractivity contribution < 1.29 is 9.53 Å². The minimum atomic E-state index is -0.307. The number of aromatic nitrogens is 2. The number of benzene rings is 2. The van der Waals surface area contributed by atoms with Crippen molar-refractivity contribution in [2.24, 2.45) is 0 Å². The van der Waals surface area contributed by atoms with Crippen LogP contribution in [0.1, 0.15) is 19.8 Å². The van der Waals surface area contributed by atoms with Crippen LogP contribution < -0.4 is 15.4 Å². The fraction of sp³-hybridized carbons (Fsp3) is 0.182. The lowest BCUT2D eigenvalue weighted by Gasteiger charge is -2.11. The van der Waals surface area contributed by atoms with Crippen LogP contribution in [0.3, 0.4) is 0 Å². The predicted octanol–water partition coefficient (Wildman–Crippen LogP) is 5.89. The largest absolute Gasteiger partial charge is 0.494 e. The summed E-state index contributed by atoms with van der Waals surface area (Å²) in [6, 6.07) is 14.7. The van der Waals surface area contributed by atoms with E-state index in [-0.39, 0.29) is 6.03 Å². The number of nitrogens with zero attached hydrogens (tertiary/aromatic N) is 2. The summed E-state index contributed by atoms with van der Waals surface area (Å²) in [7, 11) is 0. The van der Waals surface area contributed by atoms with Gasteiger partial charge in [-0.15, -0.1) is 11.3 Å². The van der Waals surface area contributed by atoms with E-state index in [1.54, 1.807) is 11.3 Å². The number of fused-ring (bicyclic) bond motifs is 1. The Hall–Kier alpha value is -3.32. The minimum absolute atomic E-state index is 0.307. The molecule has 2 amide bonds. The van der Waals surface area contributed by atoms with Crippen molar-refractivity contribution in [3.8, 4) is 17.0 Å². The fourth-order valence-corrected chi connectivity index (χ4v) is 3.63. The van der Waals surface area contributed by atoms with E-state index in [9.17, 15) is 4.79 Å². The van der Waals surface area contributed by atoms with Crippen LogP contribution in [0.25, 0.3) is 16.2 Å². The number of ether oxygens (including phenoxy) is 1. The minimum Gasteiger partial charge on any atom is -0.494 e. The Morgan fingerprint density at radius 2 is 1.97 bits per heavy atom. The van der Waals surface area contributed by atoms with Crippen LogP contribution in [-0.2, 0) is 0 Å². The van der Waals surface area contributed by atoms with Gasteiger partial charge in [0.2, 0.25) is 0 Å². The highest BCUT2D eigenvalue weighted by Gasteiger charge is 2.12. The number of para-hydroxylation sites is 1. The Kier molecular flexibility index (Phi) is 5.76. The number of urea groups is 1. The van der Waals surface area contributed by atoms with Crippen LogP contribution in [0, 0.1) is 0 Å². The summed E-state index contributed by atoms with van der Waals surface area (Å²) >= 11 is 1.57. The first-order chi connectivity index (χ1) is 14.2. The average Bonchev–Trinajstić information content (AvgIpc) is 3.32. The first-order valence-corrected chi connectivity index (χ1v) is 10.4. The number of rotatable bonds is 7. The number of unbranched alkanes of at least 4 members (excludes halogenated alkanes) is 1. The number of hydrogen-bond donors (Lipinski definition) is 2. The summed E-state index contributed by atoms with van der Waals surface area (Å²) in [4.78, 5) is 18.1. The Morgan fingerprint density at radius 3 is 2.76 bits per heavy atom. The molecule has 0 atom stereocenters. The molecule has 7 heteroatoms.